The van der Waals surface area contributed by atoms with E-state index >= 15 is 0 Å². The molecule has 0 bridgehead atoms. The van der Waals surface area contributed by atoms with Crippen LogP contribution in [0.2, 0.25) is 0 Å². The van der Waals surface area contributed by atoms with Crippen LogP contribution in [0.5, 0.6) is 0 Å². The Morgan fingerprint density at radius 3 is 2.78 bits per heavy atom. The molecule has 0 aliphatic heterocycles. The first-order valence-electron chi connectivity index (χ1n) is 5.69. The van der Waals surface area contributed by atoms with E-state index in [1.165, 1.54) is 0 Å². The molecule has 1 aromatic rings. The van der Waals surface area contributed by atoms with E-state index in [0.717, 1.165) is 28.6 Å². The molecule has 0 unspecified atom stereocenters. The second-order valence-corrected chi connectivity index (χ2v) is 5.55. The summed E-state index contributed by atoms with van der Waals surface area (Å²) in [4.78, 5) is 11.8. The topological polar surface area (TPSA) is 67.1 Å². The fourth-order valence-corrected chi connectivity index (χ4v) is 2.42. The molecule has 1 aliphatic rings. The van der Waals surface area contributed by atoms with Gasteiger partial charge < -0.3 is 16.4 Å². The van der Waals surface area contributed by atoms with Gasteiger partial charge in [-0.15, -0.1) is 0 Å². The summed E-state index contributed by atoms with van der Waals surface area (Å²) in [5.74, 6) is 0.0204. The minimum Gasteiger partial charge on any atom is -0.389 e. The number of benzene rings is 1. The van der Waals surface area contributed by atoms with Crippen molar-refractivity contribution in [3.8, 4) is 0 Å². The average molecular weight is 328 g/mol. The maximum atomic E-state index is 11.5. The third-order valence-corrected chi connectivity index (χ3v) is 3.51. The van der Waals surface area contributed by atoms with Crippen LogP contribution < -0.4 is 16.4 Å². The summed E-state index contributed by atoms with van der Waals surface area (Å²) in [5, 5.41) is 5.97. The monoisotopic (exact) mass is 327 g/mol. The number of nitrogens with two attached hydrogens (primary N) is 1. The van der Waals surface area contributed by atoms with Crippen LogP contribution in [0.25, 0.3) is 0 Å². The molecule has 4 nitrogen and oxygen atoms in total. The summed E-state index contributed by atoms with van der Waals surface area (Å²) in [7, 11) is 0. The molecule has 18 heavy (non-hydrogen) atoms. The molecule has 6 heteroatoms. The molecule has 0 spiro atoms. The Morgan fingerprint density at radius 2 is 2.22 bits per heavy atom. The highest BCUT2D eigenvalue weighted by molar-refractivity contribution is 9.10. The van der Waals surface area contributed by atoms with Crippen molar-refractivity contribution in [1.29, 1.82) is 0 Å². The van der Waals surface area contributed by atoms with E-state index in [0.29, 0.717) is 11.0 Å². The van der Waals surface area contributed by atoms with E-state index in [4.69, 9.17) is 18.0 Å². The Morgan fingerprint density at radius 1 is 1.50 bits per heavy atom. The predicted molar refractivity (Wildman–Crippen MR) is 79.7 cm³/mol. The molecule has 0 saturated heterocycles. The Bertz CT molecular complexity index is 488. The van der Waals surface area contributed by atoms with Crippen LogP contribution in [0.1, 0.15) is 18.4 Å². The second kappa shape index (κ2) is 5.67. The number of anilines is 1. The summed E-state index contributed by atoms with van der Waals surface area (Å²) < 4.78 is 0.822. The van der Waals surface area contributed by atoms with Gasteiger partial charge >= 0.3 is 0 Å². The SMILES string of the molecule is NC(=S)c1ccc(NCC(=O)NC2CC2)cc1Br. The van der Waals surface area contributed by atoms with Gasteiger partial charge in [0.05, 0.1) is 6.54 Å². The van der Waals surface area contributed by atoms with Crippen LogP contribution in [0, 0.1) is 0 Å². The number of rotatable bonds is 5. The zero-order chi connectivity index (χ0) is 13.1. The molecule has 0 atom stereocenters. The first-order valence-corrected chi connectivity index (χ1v) is 6.89. The van der Waals surface area contributed by atoms with Gasteiger partial charge in [-0.1, -0.05) is 12.2 Å². The standard InChI is InChI=1S/C12H14BrN3OS/c13-10-5-8(3-4-9(10)12(14)18)15-6-11(17)16-7-1-2-7/h3-5,7,15H,1-2,6H2,(H2,14,18)(H,16,17). The molecule has 1 amide bonds. The molecule has 1 saturated carbocycles. The highest BCUT2D eigenvalue weighted by Crippen LogP contribution is 2.21. The normalized spacial score (nSPS) is 14.1. The van der Waals surface area contributed by atoms with Gasteiger partial charge in [0.1, 0.15) is 4.99 Å². The van der Waals surface area contributed by atoms with Crippen molar-refractivity contribution < 1.29 is 4.79 Å². The smallest absolute Gasteiger partial charge is 0.239 e. The van der Waals surface area contributed by atoms with Crippen LogP contribution in [0.3, 0.4) is 0 Å². The summed E-state index contributed by atoms with van der Waals surface area (Å²) in [6.07, 6.45) is 2.19. The van der Waals surface area contributed by atoms with Crippen molar-refractivity contribution in [3.05, 3.63) is 28.2 Å². The zero-order valence-electron chi connectivity index (χ0n) is 9.70. The number of hydrogen-bond donors (Lipinski definition) is 3. The van der Waals surface area contributed by atoms with Gasteiger partial charge in [-0.2, -0.15) is 0 Å². The van der Waals surface area contributed by atoms with Crippen LogP contribution in [0.4, 0.5) is 5.69 Å². The highest BCUT2D eigenvalue weighted by atomic mass is 79.9. The lowest BCUT2D eigenvalue weighted by Gasteiger charge is -2.09. The lowest BCUT2D eigenvalue weighted by molar-refractivity contribution is -0.119. The van der Waals surface area contributed by atoms with Gasteiger partial charge in [-0.3, -0.25) is 4.79 Å². The minimum absolute atomic E-state index is 0.0204. The Kier molecular flexibility index (Phi) is 4.19. The van der Waals surface area contributed by atoms with Crippen molar-refractivity contribution in [1.82, 2.24) is 5.32 Å². The van der Waals surface area contributed by atoms with Crippen LogP contribution in [0.15, 0.2) is 22.7 Å². The maximum absolute atomic E-state index is 11.5. The molecule has 0 radical (unpaired) electrons. The number of nitrogens with one attached hydrogen (secondary N) is 2. The first kappa shape index (κ1) is 13.3. The average Bonchev–Trinajstić information content (AvgIpc) is 3.10. The van der Waals surface area contributed by atoms with E-state index in [1.54, 1.807) is 0 Å². The zero-order valence-corrected chi connectivity index (χ0v) is 12.1. The maximum Gasteiger partial charge on any atom is 0.239 e. The fraction of sp³-hybridized carbons (Fsp3) is 0.333. The molecule has 1 aromatic carbocycles. The molecule has 96 valence electrons. The number of hydrogen-bond acceptors (Lipinski definition) is 3. The van der Waals surface area contributed by atoms with E-state index in [9.17, 15) is 4.79 Å². The van der Waals surface area contributed by atoms with E-state index in [-0.39, 0.29) is 12.5 Å². The van der Waals surface area contributed by atoms with Gasteiger partial charge in [-0.05, 0) is 47.0 Å². The second-order valence-electron chi connectivity index (χ2n) is 4.25. The molecular formula is C12H14BrN3OS. The van der Waals surface area contributed by atoms with Gasteiger partial charge in [0.2, 0.25) is 5.91 Å². The molecular weight excluding hydrogens is 314 g/mol. The van der Waals surface area contributed by atoms with E-state index < -0.39 is 0 Å². The number of amides is 1. The molecule has 2 rings (SSSR count). The van der Waals surface area contributed by atoms with Crippen LogP contribution in [-0.2, 0) is 4.79 Å². The van der Waals surface area contributed by atoms with Gasteiger partial charge in [0, 0.05) is 21.8 Å². The van der Waals surface area contributed by atoms with Crippen molar-refractivity contribution in [2.45, 2.75) is 18.9 Å². The number of halogens is 1. The third-order valence-electron chi connectivity index (χ3n) is 2.63. The Balaban J connectivity index is 1.90. The molecule has 1 fully saturated rings. The van der Waals surface area contributed by atoms with Crippen molar-refractivity contribution in [2.24, 2.45) is 5.73 Å². The molecule has 4 N–H and O–H groups in total. The lowest BCUT2D eigenvalue weighted by Crippen LogP contribution is -2.31. The fourth-order valence-electron chi connectivity index (χ4n) is 1.51. The van der Waals surface area contributed by atoms with Gasteiger partial charge in [0.15, 0.2) is 0 Å². The number of thiocarbonyl (C=S) groups is 1. The molecule has 1 aliphatic carbocycles. The highest BCUT2D eigenvalue weighted by Gasteiger charge is 2.22. The summed E-state index contributed by atoms with van der Waals surface area (Å²) >= 11 is 8.31. The number of carbonyl (C=O) groups excluding carboxylic acids is 1. The van der Waals surface area contributed by atoms with E-state index in [1.807, 2.05) is 18.2 Å². The summed E-state index contributed by atoms with van der Waals surface area (Å²) in [6, 6.07) is 5.93. The van der Waals surface area contributed by atoms with E-state index in [2.05, 4.69) is 26.6 Å². The quantitative estimate of drug-likeness (QED) is 0.721. The minimum atomic E-state index is 0.0204. The largest absolute Gasteiger partial charge is 0.389 e. The van der Waals surface area contributed by atoms with Crippen molar-refractivity contribution in [2.75, 3.05) is 11.9 Å². The van der Waals surface area contributed by atoms with Crippen molar-refractivity contribution >= 4 is 44.7 Å². The first-order chi connectivity index (χ1) is 8.56. The van der Waals surface area contributed by atoms with Crippen LogP contribution >= 0.6 is 28.1 Å². The Labute approximate surface area is 119 Å². The summed E-state index contributed by atoms with van der Waals surface area (Å²) in [5.41, 5.74) is 7.21. The predicted octanol–water partition coefficient (Wildman–Crippen LogP) is 1.77. The molecule has 0 heterocycles. The van der Waals surface area contributed by atoms with Gasteiger partial charge in [0.25, 0.3) is 0 Å². The third kappa shape index (κ3) is 3.68. The van der Waals surface area contributed by atoms with Crippen molar-refractivity contribution in [3.63, 3.8) is 0 Å². The molecule has 0 aromatic heterocycles. The summed E-state index contributed by atoms with van der Waals surface area (Å²) in [6.45, 7) is 0.273. The van der Waals surface area contributed by atoms with Gasteiger partial charge in [-0.25, -0.2) is 0 Å². The lowest BCUT2D eigenvalue weighted by atomic mass is 10.2. The number of carbonyl (C=O) groups is 1. The van der Waals surface area contributed by atoms with Crippen LogP contribution in [-0.4, -0.2) is 23.5 Å². The Hall–Kier alpha value is -1.14.